The summed E-state index contributed by atoms with van der Waals surface area (Å²) in [5, 5.41) is 6.75. The molecule has 1 aromatic carbocycles. The van der Waals surface area contributed by atoms with Crippen molar-refractivity contribution in [3.05, 3.63) is 29.8 Å². The molecule has 0 heterocycles. The van der Waals surface area contributed by atoms with Gasteiger partial charge < -0.3 is 15.4 Å². The van der Waals surface area contributed by atoms with Crippen LogP contribution in [0, 0.1) is 6.92 Å². The lowest BCUT2D eigenvalue weighted by Crippen LogP contribution is -2.43. The van der Waals surface area contributed by atoms with Crippen LogP contribution in [0.5, 0.6) is 5.75 Å². The number of nitrogens with zero attached hydrogens (tertiary/aromatic N) is 1. The van der Waals surface area contributed by atoms with E-state index < -0.39 is 0 Å². The van der Waals surface area contributed by atoms with Crippen LogP contribution in [-0.4, -0.2) is 32.2 Å². The normalized spacial score (nSPS) is 16.2. The molecule has 2 rings (SSSR count). The van der Waals surface area contributed by atoms with Crippen molar-refractivity contribution >= 4 is 5.96 Å². The average molecular weight is 275 g/mol. The fourth-order valence-corrected chi connectivity index (χ4v) is 2.43. The van der Waals surface area contributed by atoms with E-state index in [1.807, 2.05) is 19.2 Å². The van der Waals surface area contributed by atoms with E-state index in [4.69, 9.17) is 4.74 Å². The Bertz CT molecular complexity index is 422. The molecule has 1 saturated carbocycles. The lowest BCUT2D eigenvalue weighted by molar-refractivity contribution is 0.321. The van der Waals surface area contributed by atoms with Crippen LogP contribution in [0.2, 0.25) is 0 Å². The third-order valence-corrected chi connectivity index (χ3v) is 3.60. The number of guanidine groups is 1. The highest BCUT2D eigenvalue weighted by Gasteiger charge is 2.15. The highest BCUT2D eigenvalue weighted by Crippen LogP contribution is 2.17. The molecule has 110 valence electrons. The van der Waals surface area contributed by atoms with Crippen LogP contribution in [0.15, 0.2) is 29.3 Å². The number of nitrogens with one attached hydrogen (secondary N) is 2. The lowest BCUT2D eigenvalue weighted by atomic mass is 10.2. The molecule has 4 nitrogen and oxygen atoms in total. The first-order valence-corrected chi connectivity index (χ1v) is 7.44. The summed E-state index contributed by atoms with van der Waals surface area (Å²) in [6, 6.07) is 8.70. The smallest absolute Gasteiger partial charge is 0.191 e. The van der Waals surface area contributed by atoms with Gasteiger partial charge in [-0.1, -0.05) is 30.5 Å². The number of aliphatic imine (C=N–C) groups is 1. The van der Waals surface area contributed by atoms with Crippen LogP contribution in [0.4, 0.5) is 0 Å². The summed E-state index contributed by atoms with van der Waals surface area (Å²) in [6.45, 7) is 3.46. The zero-order chi connectivity index (χ0) is 14.2. The van der Waals surface area contributed by atoms with Crippen molar-refractivity contribution < 1.29 is 4.74 Å². The average Bonchev–Trinajstić information content (AvgIpc) is 2.97. The predicted molar refractivity (Wildman–Crippen MR) is 83.4 cm³/mol. The molecule has 0 atom stereocenters. The number of benzene rings is 1. The van der Waals surface area contributed by atoms with Gasteiger partial charge in [-0.05, 0) is 31.9 Å². The number of ether oxygens (including phenoxy) is 1. The van der Waals surface area contributed by atoms with Crippen molar-refractivity contribution in [1.82, 2.24) is 10.6 Å². The van der Waals surface area contributed by atoms with Gasteiger partial charge in [0.15, 0.2) is 5.96 Å². The van der Waals surface area contributed by atoms with Gasteiger partial charge in [0.05, 0.1) is 6.54 Å². The third-order valence-electron chi connectivity index (χ3n) is 3.60. The van der Waals surface area contributed by atoms with Crippen molar-refractivity contribution in [2.45, 2.75) is 38.6 Å². The van der Waals surface area contributed by atoms with Crippen LogP contribution in [0.1, 0.15) is 31.2 Å². The summed E-state index contributed by atoms with van der Waals surface area (Å²) in [4.78, 5) is 4.25. The molecule has 0 amide bonds. The van der Waals surface area contributed by atoms with E-state index >= 15 is 0 Å². The minimum absolute atomic E-state index is 0.583. The summed E-state index contributed by atoms with van der Waals surface area (Å²) in [6.07, 6.45) is 5.15. The second kappa shape index (κ2) is 7.78. The first-order chi connectivity index (χ1) is 9.78. The standard InChI is InChI=1S/C16H25N3O/c1-13-7-9-15(10-8-13)20-12-11-18-16(17-2)19-14-5-3-4-6-14/h7-10,14H,3-6,11-12H2,1-2H3,(H2,17,18,19). The quantitative estimate of drug-likeness (QED) is 0.493. The molecule has 1 aliphatic carbocycles. The molecule has 0 aromatic heterocycles. The number of rotatable bonds is 5. The lowest BCUT2D eigenvalue weighted by Gasteiger charge is -2.17. The van der Waals surface area contributed by atoms with Gasteiger partial charge in [-0.2, -0.15) is 0 Å². The molecule has 20 heavy (non-hydrogen) atoms. The molecule has 1 fully saturated rings. The van der Waals surface area contributed by atoms with E-state index in [9.17, 15) is 0 Å². The Hall–Kier alpha value is -1.71. The third kappa shape index (κ3) is 4.76. The van der Waals surface area contributed by atoms with Crippen molar-refractivity contribution in [2.75, 3.05) is 20.2 Å². The molecule has 0 spiro atoms. The largest absolute Gasteiger partial charge is 0.492 e. The summed E-state index contributed by atoms with van der Waals surface area (Å²) in [7, 11) is 1.81. The minimum atomic E-state index is 0.583. The Morgan fingerprint density at radius 2 is 1.95 bits per heavy atom. The second-order valence-corrected chi connectivity index (χ2v) is 5.29. The Labute approximate surface area is 121 Å². The Morgan fingerprint density at radius 3 is 2.60 bits per heavy atom. The van der Waals surface area contributed by atoms with E-state index in [0.717, 1.165) is 18.3 Å². The Balaban J connectivity index is 1.64. The summed E-state index contributed by atoms with van der Waals surface area (Å²) >= 11 is 0. The fraction of sp³-hybridized carbons (Fsp3) is 0.562. The molecule has 2 N–H and O–H groups in total. The minimum Gasteiger partial charge on any atom is -0.492 e. The number of aryl methyl sites for hydroxylation is 1. The van der Waals surface area contributed by atoms with E-state index in [1.54, 1.807) is 0 Å². The molecule has 0 unspecified atom stereocenters. The van der Waals surface area contributed by atoms with Crippen LogP contribution in [0.3, 0.4) is 0 Å². The second-order valence-electron chi connectivity index (χ2n) is 5.29. The van der Waals surface area contributed by atoms with E-state index in [1.165, 1.54) is 31.2 Å². The SMILES string of the molecule is CN=C(NCCOc1ccc(C)cc1)NC1CCCC1. The topological polar surface area (TPSA) is 45.7 Å². The first kappa shape index (κ1) is 14.7. The maximum absolute atomic E-state index is 5.68. The summed E-state index contributed by atoms with van der Waals surface area (Å²) in [5.41, 5.74) is 1.25. The molecule has 0 radical (unpaired) electrons. The maximum Gasteiger partial charge on any atom is 0.191 e. The molecule has 1 aliphatic rings. The maximum atomic E-state index is 5.68. The van der Waals surface area contributed by atoms with E-state index in [0.29, 0.717) is 12.6 Å². The van der Waals surface area contributed by atoms with Gasteiger partial charge in [0.25, 0.3) is 0 Å². The van der Waals surface area contributed by atoms with Crippen LogP contribution < -0.4 is 15.4 Å². The Morgan fingerprint density at radius 1 is 1.25 bits per heavy atom. The molecule has 1 aromatic rings. The molecular weight excluding hydrogens is 250 g/mol. The predicted octanol–water partition coefficient (Wildman–Crippen LogP) is 2.48. The van der Waals surface area contributed by atoms with Gasteiger partial charge in [0, 0.05) is 13.1 Å². The van der Waals surface area contributed by atoms with Gasteiger partial charge in [-0.15, -0.1) is 0 Å². The highest BCUT2D eigenvalue weighted by atomic mass is 16.5. The van der Waals surface area contributed by atoms with Gasteiger partial charge in [-0.25, -0.2) is 0 Å². The number of hydrogen-bond donors (Lipinski definition) is 2. The highest BCUT2D eigenvalue weighted by molar-refractivity contribution is 5.79. The summed E-state index contributed by atoms with van der Waals surface area (Å²) < 4.78 is 5.68. The van der Waals surface area contributed by atoms with Crippen molar-refractivity contribution in [3.63, 3.8) is 0 Å². The van der Waals surface area contributed by atoms with Crippen LogP contribution in [0.25, 0.3) is 0 Å². The fourth-order valence-electron chi connectivity index (χ4n) is 2.43. The zero-order valence-corrected chi connectivity index (χ0v) is 12.5. The molecule has 4 heteroatoms. The number of hydrogen-bond acceptors (Lipinski definition) is 2. The zero-order valence-electron chi connectivity index (χ0n) is 12.5. The molecular formula is C16H25N3O. The molecule has 0 bridgehead atoms. The molecule has 0 saturated heterocycles. The van der Waals surface area contributed by atoms with Crippen molar-refractivity contribution in [2.24, 2.45) is 4.99 Å². The Kier molecular flexibility index (Phi) is 5.71. The van der Waals surface area contributed by atoms with Crippen LogP contribution in [-0.2, 0) is 0 Å². The van der Waals surface area contributed by atoms with Crippen molar-refractivity contribution in [3.8, 4) is 5.75 Å². The van der Waals surface area contributed by atoms with Gasteiger partial charge in [0.1, 0.15) is 12.4 Å². The van der Waals surface area contributed by atoms with E-state index in [2.05, 4.69) is 34.7 Å². The van der Waals surface area contributed by atoms with E-state index in [-0.39, 0.29) is 0 Å². The van der Waals surface area contributed by atoms with Crippen molar-refractivity contribution in [1.29, 1.82) is 0 Å². The summed E-state index contributed by atoms with van der Waals surface area (Å²) in [5.74, 6) is 1.79. The van der Waals surface area contributed by atoms with Gasteiger partial charge in [0.2, 0.25) is 0 Å². The van der Waals surface area contributed by atoms with Gasteiger partial charge >= 0.3 is 0 Å². The molecule has 0 aliphatic heterocycles. The van der Waals surface area contributed by atoms with Crippen LogP contribution >= 0.6 is 0 Å². The monoisotopic (exact) mass is 275 g/mol. The van der Waals surface area contributed by atoms with Gasteiger partial charge in [-0.3, -0.25) is 4.99 Å². The first-order valence-electron chi connectivity index (χ1n) is 7.44.